The standard InChI is InChI=1S/C15H17N3O/c1-11-14(3-2-10-17-11)18-15(19)13-6-4-12(5-7-13)8-9-16/h2-7,10H,8-9,16H2,1H3,(H,18,19). The van der Waals surface area contributed by atoms with E-state index in [0.717, 1.165) is 23.4 Å². The molecule has 2 rings (SSSR count). The number of carbonyl (C=O) groups excluding carboxylic acids is 1. The number of nitrogens with two attached hydrogens (primary N) is 1. The third-order valence-corrected chi connectivity index (χ3v) is 2.90. The minimum absolute atomic E-state index is 0.129. The van der Waals surface area contributed by atoms with Crippen molar-refractivity contribution >= 4 is 11.6 Å². The van der Waals surface area contributed by atoms with Crippen molar-refractivity contribution in [3.63, 3.8) is 0 Å². The number of hydrogen-bond acceptors (Lipinski definition) is 3. The van der Waals surface area contributed by atoms with Gasteiger partial charge in [0.2, 0.25) is 0 Å². The molecule has 0 aliphatic rings. The zero-order chi connectivity index (χ0) is 13.7. The molecular formula is C15H17N3O. The molecule has 3 N–H and O–H groups in total. The van der Waals surface area contributed by atoms with E-state index in [2.05, 4.69) is 10.3 Å². The molecule has 2 aromatic rings. The summed E-state index contributed by atoms with van der Waals surface area (Å²) in [6, 6.07) is 11.1. The first-order chi connectivity index (χ1) is 9.20. The van der Waals surface area contributed by atoms with Crippen LogP contribution in [0.1, 0.15) is 21.6 Å². The first kappa shape index (κ1) is 13.2. The quantitative estimate of drug-likeness (QED) is 0.879. The molecule has 0 unspecified atom stereocenters. The zero-order valence-corrected chi connectivity index (χ0v) is 10.9. The number of anilines is 1. The predicted octanol–water partition coefficient (Wildman–Crippen LogP) is 2.14. The van der Waals surface area contributed by atoms with Crippen LogP contribution in [-0.2, 0) is 6.42 Å². The highest BCUT2D eigenvalue weighted by atomic mass is 16.1. The van der Waals surface area contributed by atoms with Crippen LogP contribution in [0.25, 0.3) is 0 Å². The van der Waals surface area contributed by atoms with Crippen LogP contribution < -0.4 is 11.1 Å². The molecule has 0 saturated heterocycles. The van der Waals surface area contributed by atoms with Gasteiger partial charge in [-0.3, -0.25) is 9.78 Å². The molecule has 0 radical (unpaired) electrons. The molecule has 0 atom stereocenters. The third kappa shape index (κ3) is 3.39. The van der Waals surface area contributed by atoms with Gasteiger partial charge in [-0.1, -0.05) is 12.1 Å². The Morgan fingerprint density at radius 1 is 1.26 bits per heavy atom. The van der Waals surface area contributed by atoms with Crippen molar-refractivity contribution in [3.8, 4) is 0 Å². The Kier molecular flexibility index (Phi) is 4.26. The molecular weight excluding hydrogens is 238 g/mol. The van der Waals surface area contributed by atoms with Gasteiger partial charge in [-0.05, 0) is 49.7 Å². The van der Waals surface area contributed by atoms with E-state index in [0.29, 0.717) is 12.1 Å². The fourth-order valence-electron chi connectivity index (χ4n) is 1.80. The molecule has 0 saturated carbocycles. The number of nitrogens with zero attached hydrogens (tertiary/aromatic N) is 1. The Balaban J connectivity index is 2.10. The van der Waals surface area contributed by atoms with E-state index in [1.807, 2.05) is 37.3 Å². The summed E-state index contributed by atoms with van der Waals surface area (Å²) in [6.45, 7) is 2.47. The van der Waals surface area contributed by atoms with E-state index in [-0.39, 0.29) is 5.91 Å². The summed E-state index contributed by atoms with van der Waals surface area (Å²) >= 11 is 0. The highest BCUT2D eigenvalue weighted by Gasteiger charge is 2.07. The zero-order valence-electron chi connectivity index (χ0n) is 10.9. The Hall–Kier alpha value is -2.20. The summed E-state index contributed by atoms with van der Waals surface area (Å²) in [5.41, 5.74) is 8.79. The predicted molar refractivity (Wildman–Crippen MR) is 76.1 cm³/mol. The summed E-state index contributed by atoms with van der Waals surface area (Å²) in [4.78, 5) is 16.2. The highest BCUT2D eigenvalue weighted by molar-refractivity contribution is 6.04. The summed E-state index contributed by atoms with van der Waals surface area (Å²) in [5.74, 6) is -0.129. The van der Waals surface area contributed by atoms with Gasteiger partial charge in [0.25, 0.3) is 5.91 Å². The minimum atomic E-state index is -0.129. The molecule has 0 spiro atoms. The number of rotatable bonds is 4. The number of pyridine rings is 1. The molecule has 0 aliphatic carbocycles. The summed E-state index contributed by atoms with van der Waals surface area (Å²) in [6.07, 6.45) is 2.52. The molecule has 1 heterocycles. The SMILES string of the molecule is Cc1ncccc1NC(=O)c1ccc(CCN)cc1. The van der Waals surface area contributed by atoms with Crippen LogP contribution in [0.15, 0.2) is 42.6 Å². The number of benzene rings is 1. The molecule has 0 aliphatic heterocycles. The summed E-state index contributed by atoms with van der Waals surface area (Å²) in [5, 5.41) is 2.85. The number of nitrogens with one attached hydrogen (secondary N) is 1. The maximum absolute atomic E-state index is 12.1. The van der Waals surface area contributed by atoms with Gasteiger partial charge < -0.3 is 11.1 Å². The van der Waals surface area contributed by atoms with Crippen LogP contribution in [0.5, 0.6) is 0 Å². The Bertz CT molecular complexity index is 564. The Labute approximate surface area is 112 Å². The van der Waals surface area contributed by atoms with E-state index in [9.17, 15) is 4.79 Å². The molecule has 1 amide bonds. The van der Waals surface area contributed by atoms with Gasteiger partial charge in [0, 0.05) is 11.8 Å². The van der Waals surface area contributed by atoms with Gasteiger partial charge in [-0.25, -0.2) is 0 Å². The summed E-state index contributed by atoms with van der Waals surface area (Å²) in [7, 11) is 0. The highest BCUT2D eigenvalue weighted by Crippen LogP contribution is 2.13. The lowest BCUT2D eigenvalue weighted by molar-refractivity contribution is 0.102. The second-order valence-corrected chi connectivity index (χ2v) is 4.33. The van der Waals surface area contributed by atoms with Gasteiger partial charge in [-0.2, -0.15) is 0 Å². The van der Waals surface area contributed by atoms with E-state index in [1.54, 1.807) is 12.3 Å². The maximum Gasteiger partial charge on any atom is 0.255 e. The van der Waals surface area contributed by atoms with E-state index in [4.69, 9.17) is 5.73 Å². The van der Waals surface area contributed by atoms with Crippen molar-refractivity contribution < 1.29 is 4.79 Å². The molecule has 4 heteroatoms. The lowest BCUT2D eigenvalue weighted by Crippen LogP contribution is -2.13. The largest absolute Gasteiger partial charge is 0.330 e. The lowest BCUT2D eigenvalue weighted by atomic mass is 10.1. The number of aryl methyl sites for hydroxylation is 1. The van der Waals surface area contributed by atoms with Crippen LogP contribution in [0, 0.1) is 6.92 Å². The molecule has 0 fully saturated rings. The average Bonchev–Trinajstić information content (AvgIpc) is 2.42. The second kappa shape index (κ2) is 6.11. The minimum Gasteiger partial charge on any atom is -0.330 e. The third-order valence-electron chi connectivity index (χ3n) is 2.90. The number of amides is 1. The fourth-order valence-corrected chi connectivity index (χ4v) is 1.80. The van der Waals surface area contributed by atoms with Gasteiger partial charge >= 0.3 is 0 Å². The van der Waals surface area contributed by atoms with Crippen molar-refractivity contribution in [2.24, 2.45) is 5.73 Å². The van der Waals surface area contributed by atoms with Crippen molar-refractivity contribution in [1.82, 2.24) is 4.98 Å². The van der Waals surface area contributed by atoms with Gasteiger partial charge in [0.1, 0.15) is 0 Å². The van der Waals surface area contributed by atoms with E-state index in [1.165, 1.54) is 0 Å². The number of carbonyl (C=O) groups is 1. The van der Waals surface area contributed by atoms with Crippen LogP contribution in [0.4, 0.5) is 5.69 Å². The first-order valence-electron chi connectivity index (χ1n) is 6.22. The first-order valence-corrected chi connectivity index (χ1v) is 6.22. The van der Waals surface area contributed by atoms with Crippen molar-refractivity contribution in [1.29, 1.82) is 0 Å². The molecule has 0 bridgehead atoms. The van der Waals surface area contributed by atoms with E-state index >= 15 is 0 Å². The molecule has 98 valence electrons. The molecule has 4 nitrogen and oxygen atoms in total. The van der Waals surface area contributed by atoms with Gasteiger partial charge in [0.05, 0.1) is 11.4 Å². The van der Waals surface area contributed by atoms with Crippen molar-refractivity contribution in [2.75, 3.05) is 11.9 Å². The average molecular weight is 255 g/mol. The monoisotopic (exact) mass is 255 g/mol. The number of hydrogen-bond donors (Lipinski definition) is 2. The molecule has 1 aromatic carbocycles. The number of aromatic nitrogens is 1. The normalized spacial score (nSPS) is 10.2. The summed E-state index contributed by atoms with van der Waals surface area (Å²) < 4.78 is 0. The van der Waals surface area contributed by atoms with Crippen molar-refractivity contribution in [2.45, 2.75) is 13.3 Å². The Morgan fingerprint density at radius 3 is 2.63 bits per heavy atom. The second-order valence-electron chi connectivity index (χ2n) is 4.33. The Morgan fingerprint density at radius 2 is 2.00 bits per heavy atom. The smallest absolute Gasteiger partial charge is 0.255 e. The molecule has 19 heavy (non-hydrogen) atoms. The fraction of sp³-hybridized carbons (Fsp3) is 0.200. The van der Waals surface area contributed by atoms with Gasteiger partial charge in [-0.15, -0.1) is 0 Å². The maximum atomic E-state index is 12.1. The van der Waals surface area contributed by atoms with Crippen LogP contribution in [0.2, 0.25) is 0 Å². The molecule has 1 aromatic heterocycles. The lowest BCUT2D eigenvalue weighted by Gasteiger charge is -2.07. The topological polar surface area (TPSA) is 68.0 Å². The van der Waals surface area contributed by atoms with E-state index < -0.39 is 0 Å². The van der Waals surface area contributed by atoms with Crippen LogP contribution in [-0.4, -0.2) is 17.4 Å². The van der Waals surface area contributed by atoms with Gasteiger partial charge in [0.15, 0.2) is 0 Å². The van der Waals surface area contributed by atoms with Crippen LogP contribution >= 0.6 is 0 Å². The van der Waals surface area contributed by atoms with Crippen LogP contribution in [0.3, 0.4) is 0 Å². The van der Waals surface area contributed by atoms with Crippen molar-refractivity contribution in [3.05, 3.63) is 59.4 Å².